The molecule has 0 aromatic carbocycles. The molecule has 0 saturated heterocycles. The Labute approximate surface area is 113 Å². The molecule has 19 heavy (non-hydrogen) atoms. The minimum absolute atomic E-state index is 0.0910. The minimum atomic E-state index is -2.73. The zero-order chi connectivity index (χ0) is 14.3. The van der Waals surface area contributed by atoms with E-state index in [1.807, 2.05) is 13.8 Å². The van der Waals surface area contributed by atoms with Gasteiger partial charge < -0.3 is 0 Å². The molecule has 2 aromatic heterocycles. The van der Waals surface area contributed by atoms with E-state index < -0.39 is 12.0 Å². The molecule has 0 aliphatic heterocycles. The van der Waals surface area contributed by atoms with Gasteiger partial charge in [-0.3, -0.25) is 14.3 Å². The summed E-state index contributed by atoms with van der Waals surface area (Å²) in [5.41, 5.74) is -0.302. The molecule has 0 amide bonds. The molecular weight excluding hydrogens is 272 g/mol. The lowest BCUT2D eigenvalue weighted by molar-refractivity contribution is 0.153. The molecular formula is C12H13F2N3OS. The molecule has 0 saturated carbocycles. The number of alkyl halides is 2. The van der Waals surface area contributed by atoms with Crippen LogP contribution in [-0.4, -0.2) is 14.5 Å². The first-order valence-corrected chi connectivity index (χ1v) is 6.18. The standard InChI is InChI=1S/C12H13F2N3OS/c1-5(2)17-10-8(11(18)16-12(17)19)7(9(13)14)4-6(3)15-10/h4-5,9H,1-3H3,(H,16,18,19). The third-order valence-corrected chi connectivity index (χ3v) is 3.10. The summed E-state index contributed by atoms with van der Waals surface area (Å²) in [6.45, 7) is 5.31. The molecule has 0 radical (unpaired) electrons. The van der Waals surface area contributed by atoms with Crippen molar-refractivity contribution in [3.05, 3.63) is 32.4 Å². The molecule has 7 heteroatoms. The minimum Gasteiger partial charge on any atom is -0.300 e. The van der Waals surface area contributed by atoms with Gasteiger partial charge in [0.15, 0.2) is 4.77 Å². The van der Waals surface area contributed by atoms with Crippen LogP contribution in [0, 0.1) is 11.7 Å². The highest BCUT2D eigenvalue weighted by molar-refractivity contribution is 7.71. The number of nitrogens with one attached hydrogen (secondary N) is 1. The third kappa shape index (κ3) is 2.30. The molecule has 0 spiro atoms. The molecule has 2 heterocycles. The van der Waals surface area contributed by atoms with Crippen molar-refractivity contribution in [3.63, 3.8) is 0 Å². The maximum Gasteiger partial charge on any atom is 0.264 e. The number of fused-ring (bicyclic) bond motifs is 1. The molecule has 2 aromatic rings. The fourth-order valence-electron chi connectivity index (χ4n) is 2.06. The van der Waals surface area contributed by atoms with Gasteiger partial charge in [0.1, 0.15) is 5.65 Å². The zero-order valence-electron chi connectivity index (χ0n) is 10.7. The summed E-state index contributed by atoms with van der Waals surface area (Å²) in [5, 5.41) is -0.0945. The van der Waals surface area contributed by atoms with E-state index in [4.69, 9.17) is 12.2 Å². The number of aryl methyl sites for hydroxylation is 1. The van der Waals surface area contributed by atoms with Crippen molar-refractivity contribution >= 4 is 23.3 Å². The first kappa shape index (κ1) is 13.8. The summed E-state index contributed by atoms with van der Waals surface area (Å²) >= 11 is 5.08. The Bertz CT molecular complexity index is 749. The van der Waals surface area contributed by atoms with Crippen molar-refractivity contribution in [2.45, 2.75) is 33.2 Å². The zero-order valence-corrected chi connectivity index (χ0v) is 11.5. The predicted octanol–water partition coefficient (Wildman–Crippen LogP) is 3.28. The van der Waals surface area contributed by atoms with Crippen LogP contribution in [0.4, 0.5) is 8.78 Å². The number of rotatable bonds is 2. The normalized spacial score (nSPS) is 11.7. The van der Waals surface area contributed by atoms with Crippen LogP contribution >= 0.6 is 12.2 Å². The number of hydrogen-bond donors (Lipinski definition) is 1. The van der Waals surface area contributed by atoms with E-state index in [0.717, 1.165) is 0 Å². The highest BCUT2D eigenvalue weighted by Gasteiger charge is 2.19. The molecule has 2 rings (SSSR count). The summed E-state index contributed by atoms with van der Waals surface area (Å²) in [5.74, 6) is 0. The van der Waals surface area contributed by atoms with Gasteiger partial charge in [0, 0.05) is 17.3 Å². The molecule has 0 aliphatic rings. The Morgan fingerprint density at radius 2 is 2.05 bits per heavy atom. The van der Waals surface area contributed by atoms with Crippen molar-refractivity contribution in [1.82, 2.24) is 14.5 Å². The predicted molar refractivity (Wildman–Crippen MR) is 71.3 cm³/mol. The van der Waals surface area contributed by atoms with E-state index >= 15 is 0 Å². The Balaban J connectivity index is 3.09. The van der Waals surface area contributed by atoms with Crippen LogP contribution in [0.5, 0.6) is 0 Å². The lowest BCUT2D eigenvalue weighted by atomic mass is 10.1. The summed E-state index contributed by atoms with van der Waals surface area (Å²) in [6, 6.07) is 1.14. The van der Waals surface area contributed by atoms with Gasteiger partial charge in [-0.05, 0) is 39.1 Å². The van der Waals surface area contributed by atoms with Crippen LogP contribution in [0.3, 0.4) is 0 Å². The van der Waals surface area contributed by atoms with Crippen LogP contribution in [0.1, 0.15) is 37.6 Å². The number of aromatic amines is 1. The van der Waals surface area contributed by atoms with Crippen LogP contribution in [0.25, 0.3) is 11.0 Å². The quantitative estimate of drug-likeness (QED) is 0.861. The van der Waals surface area contributed by atoms with E-state index in [2.05, 4.69) is 9.97 Å². The number of pyridine rings is 1. The van der Waals surface area contributed by atoms with Crippen LogP contribution < -0.4 is 5.56 Å². The molecule has 0 aliphatic carbocycles. The topological polar surface area (TPSA) is 50.7 Å². The molecule has 4 nitrogen and oxygen atoms in total. The smallest absolute Gasteiger partial charge is 0.264 e. The number of hydrogen-bond acceptors (Lipinski definition) is 3. The molecule has 0 fully saturated rings. The van der Waals surface area contributed by atoms with Gasteiger partial charge in [-0.2, -0.15) is 0 Å². The fraction of sp³-hybridized carbons (Fsp3) is 0.417. The molecule has 0 atom stereocenters. The molecule has 1 N–H and O–H groups in total. The molecule has 102 valence electrons. The fourth-order valence-corrected chi connectivity index (χ4v) is 2.45. The second-order valence-corrected chi connectivity index (χ2v) is 4.96. The lowest BCUT2D eigenvalue weighted by Crippen LogP contribution is -2.19. The Morgan fingerprint density at radius 3 is 2.58 bits per heavy atom. The maximum absolute atomic E-state index is 13.1. The largest absolute Gasteiger partial charge is 0.300 e. The Kier molecular flexibility index (Phi) is 3.49. The highest BCUT2D eigenvalue weighted by Crippen LogP contribution is 2.26. The SMILES string of the molecule is Cc1cc(C(F)F)c2c(=O)[nH]c(=S)n(C(C)C)c2n1. The monoisotopic (exact) mass is 285 g/mol. The highest BCUT2D eigenvalue weighted by atomic mass is 32.1. The second-order valence-electron chi connectivity index (χ2n) is 4.58. The van der Waals surface area contributed by atoms with Crippen molar-refractivity contribution in [2.24, 2.45) is 0 Å². The maximum atomic E-state index is 13.1. The van der Waals surface area contributed by atoms with Crippen molar-refractivity contribution in [1.29, 1.82) is 0 Å². The average molecular weight is 285 g/mol. The van der Waals surface area contributed by atoms with Gasteiger partial charge in [0.25, 0.3) is 12.0 Å². The number of aromatic nitrogens is 3. The molecule has 0 unspecified atom stereocenters. The van der Waals surface area contributed by atoms with Gasteiger partial charge in [0.05, 0.1) is 5.39 Å². The number of nitrogens with zero attached hydrogens (tertiary/aromatic N) is 2. The second kappa shape index (κ2) is 4.80. The van der Waals surface area contributed by atoms with Crippen molar-refractivity contribution < 1.29 is 8.78 Å². The number of halogens is 2. The summed E-state index contributed by atoms with van der Waals surface area (Å²) in [7, 11) is 0. The number of H-pyrrole nitrogens is 1. The van der Waals surface area contributed by atoms with E-state index in [1.165, 1.54) is 6.07 Å². The summed E-state index contributed by atoms with van der Waals surface area (Å²) in [4.78, 5) is 18.5. The first-order valence-electron chi connectivity index (χ1n) is 5.77. The van der Waals surface area contributed by atoms with E-state index in [-0.39, 0.29) is 27.4 Å². The van der Waals surface area contributed by atoms with E-state index in [9.17, 15) is 13.6 Å². The van der Waals surface area contributed by atoms with Gasteiger partial charge in [-0.15, -0.1) is 0 Å². The van der Waals surface area contributed by atoms with E-state index in [1.54, 1.807) is 11.5 Å². The summed E-state index contributed by atoms with van der Waals surface area (Å²) in [6.07, 6.45) is -2.73. The van der Waals surface area contributed by atoms with E-state index in [0.29, 0.717) is 5.69 Å². The molecule has 0 bridgehead atoms. The average Bonchev–Trinajstić information content (AvgIpc) is 2.26. The van der Waals surface area contributed by atoms with Crippen LogP contribution in [0.2, 0.25) is 0 Å². The Hall–Kier alpha value is -1.63. The van der Waals surface area contributed by atoms with Gasteiger partial charge >= 0.3 is 0 Å². The lowest BCUT2D eigenvalue weighted by Gasteiger charge is -2.15. The summed E-state index contributed by atoms with van der Waals surface area (Å²) < 4.78 is 27.9. The van der Waals surface area contributed by atoms with Crippen LogP contribution in [-0.2, 0) is 0 Å². The van der Waals surface area contributed by atoms with Gasteiger partial charge in [0.2, 0.25) is 0 Å². The third-order valence-electron chi connectivity index (χ3n) is 2.80. The Morgan fingerprint density at radius 1 is 1.42 bits per heavy atom. The first-order chi connectivity index (χ1) is 8.82. The van der Waals surface area contributed by atoms with Crippen molar-refractivity contribution in [3.8, 4) is 0 Å². The van der Waals surface area contributed by atoms with Gasteiger partial charge in [-0.1, -0.05) is 0 Å². The van der Waals surface area contributed by atoms with Gasteiger partial charge in [-0.25, -0.2) is 13.8 Å². The van der Waals surface area contributed by atoms with Crippen molar-refractivity contribution in [2.75, 3.05) is 0 Å². The van der Waals surface area contributed by atoms with Crippen LogP contribution in [0.15, 0.2) is 10.9 Å².